The Kier molecular flexibility index (Phi) is 7.43. The third kappa shape index (κ3) is 5.79. The largest absolute Gasteiger partial charge is 0.478 e. The topological polar surface area (TPSA) is 109 Å². The van der Waals surface area contributed by atoms with Crippen molar-refractivity contribution in [2.75, 3.05) is 11.2 Å². The molecule has 0 radical (unpaired) electrons. The number of hydrogen-bond donors (Lipinski definition) is 3. The number of sulfonamides is 1. The Morgan fingerprint density at radius 1 is 1.13 bits per heavy atom. The minimum Gasteiger partial charge on any atom is -0.478 e. The van der Waals surface area contributed by atoms with Crippen molar-refractivity contribution in [3.05, 3.63) is 82.8 Å². The van der Waals surface area contributed by atoms with Crippen LogP contribution in [-0.2, 0) is 22.3 Å². The van der Waals surface area contributed by atoms with Crippen molar-refractivity contribution in [3.8, 4) is 0 Å². The van der Waals surface area contributed by atoms with Gasteiger partial charge < -0.3 is 14.8 Å². The molecular formula is C20H19ClN2O5S2. The number of carbonyl (C=O) groups is 1. The highest BCUT2D eigenvalue weighted by Gasteiger charge is 2.23. The van der Waals surface area contributed by atoms with Gasteiger partial charge in [0.05, 0.1) is 35.0 Å². The van der Waals surface area contributed by atoms with Crippen LogP contribution in [-0.4, -0.2) is 25.4 Å². The van der Waals surface area contributed by atoms with E-state index in [1.54, 1.807) is 12.1 Å². The van der Waals surface area contributed by atoms with Crippen LogP contribution in [0.3, 0.4) is 0 Å². The van der Waals surface area contributed by atoms with Gasteiger partial charge in [-0.15, -0.1) is 11.8 Å². The number of furan rings is 1. The van der Waals surface area contributed by atoms with Crippen molar-refractivity contribution in [1.82, 2.24) is 4.72 Å². The fourth-order valence-corrected chi connectivity index (χ4v) is 5.31. The van der Waals surface area contributed by atoms with E-state index in [2.05, 4.69) is 10.0 Å². The minimum absolute atomic E-state index is 0.0810. The summed E-state index contributed by atoms with van der Waals surface area (Å²) in [5.41, 5.74) is 1.06. The first-order valence-electron chi connectivity index (χ1n) is 8.81. The van der Waals surface area contributed by atoms with Gasteiger partial charge in [0.25, 0.3) is 0 Å². The molecule has 0 fully saturated rings. The molecule has 0 atom stereocenters. The molecule has 0 aliphatic carbocycles. The van der Waals surface area contributed by atoms with Crippen LogP contribution < -0.4 is 10.0 Å². The van der Waals surface area contributed by atoms with E-state index < -0.39 is 16.0 Å². The van der Waals surface area contributed by atoms with Crippen molar-refractivity contribution in [1.29, 1.82) is 0 Å². The molecule has 0 bridgehead atoms. The molecule has 3 N–H and O–H groups in total. The molecule has 1 heterocycles. The Bertz CT molecular complexity index is 1100. The molecule has 10 heteroatoms. The molecule has 158 valence electrons. The van der Waals surface area contributed by atoms with E-state index in [9.17, 15) is 18.3 Å². The first-order valence-corrected chi connectivity index (χ1v) is 11.8. The lowest BCUT2D eigenvalue weighted by molar-refractivity contribution is 0.0697. The second-order valence-corrected chi connectivity index (χ2v) is 9.32. The molecule has 7 nitrogen and oxygen atoms in total. The first kappa shape index (κ1) is 22.2. The van der Waals surface area contributed by atoms with Crippen molar-refractivity contribution in [2.45, 2.75) is 17.2 Å². The summed E-state index contributed by atoms with van der Waals surface area (Å²) in [6.45, 7) is 0.226. The predicted molar refractivity (Wildman–Crippen MR) is 117 cm³/mol. The molecule has 0 saturated heterocycles. The van der Waals surface area contributed by atoms with Crippen molar-refractivity contribution >= 4 is 45.0 Å². The van der Waals surface area contributed by atoms with Crippen molar-refractivity contribution in [3.63, 3.8) is 0 Å². The zero-order chi connectivity index (χ0) is 21.6. The molecule has 0 aliphatic heterocycles. The van der Waals surface area contributed by atoms with Crippen molar-refractivity contribution in [2.24, 2.45) is 0 Å². The maximum atomic E-state index is 12.7. The summed E-state index contributed by atoms with van der Waals surface area (Å²) in [4.78, 5) is 11.4. The SMILES string of the molecule is O=C(O)c1cc(S(=O)(=O)NCSCc2ccccc2)c(Cl)cc1NCc1ccco1. The fourth-order valence-electron chi connectivity index (χ4n) is 2.62. The first-order chi connectivity index (χ1) is 14.4. The maximum Gasteiger partial charge on any atom is 0.337 e. The molecule has 0 saturated carbocycles. The Hall–Kier alpha value is -2.46. The van der Waals surface area contributed by atoms with Crippen LogP contribution in [0, 0.1) is 0 Å². The van der Waals surface area contributed by atoms with Gasteiger partial charge in [0.15, 0.2) is 0 Å². The maximum absolute atomic E-state index is 12.7. The van der Waals surface area contributed by atoms with E-state index in [4.69, 9.17) is 16.0 Å². The smallest absolute Gasteiger partial charge is 0.337 e. The number of anilines is 1. The van der Waals surface area contributed by atoms with Gasteiger partial charge in [-0.05, 0) is 29.8 Å². The summed E-state index contributed by atoms with van der Waals surface area (Å²) in [7, 11) is -3.99. The van der Waals surface area contributed by atoms with Crippen LogP contribution >= 0.6 is 23.4 Å². The number of hydrogen-bond acceptors (Lipinski definition) is 6. The highest BCUT2D eigenvalue weighted by atomic mass is 35.5. The Balaban J connectivity index is 1.71. The zero-order valence-corrected chi connectivity index (χ0v) is 18.1. The van der Waals surface area contributed by atoms with E-state index >= 15 is 0 Å². The van der Waals surface area contributed by atoms with Gasteiger partial charge in [0.2, 0.25) is 10.0 Å². The van der Waals surface area contributed by atoms with Crippen LogP contribution in [0.2, 0.25) is 5.02 Å². The van der Waals surface area contributed by atoms with E-state index in [-0.39, 0.29) is 33.6 Å². The second-order valence-electron chi connectivity index (χ2n) is 6.19. The zero-order valence-electron chi connectivity index (χ0n) is 15.7. The van der Waals surface area contributed by atoms with Crippen LogP contribution in [0.15, 0.2) is 70.2 Å². The number of benzene rings is 2. The lowest BCUT2D eigenvalue weighted by Crippen LogP contribution is -2.24. The Morgan fingerprint density at radius 2 is 1.90 bits per heavy atom. The average Bonchev–Trinajstić information content (AvgIpc) is 3.24. The average molecular weight is 467 g/mol. The summed E-state index contributed by atoms with van der Waals surface area (Å²) in [5, 5.41) is 12.3. The van der Waals surface area contributed by atoms with Crippen molar-refractivity contribution < 1.29 is 22.7 Å². The third-order valence-corrected chi connectivity index (χ3v) is 7.02. The molecule has 0 spiro atoms. The molecular weight excluding hydrogens is 448 g/mol. The van der Waals surface area contributed by atoms with E-state index in [1.807, 2.05) is 30.3 Å². The number of carboxylic acid groups (broad SMARTS) is 1. The molecule has 3 aromatic rings. The van der Waals surface area contributed by atoms with Crippen LogP contribution in [0.1, 0.15) is 21.7 Å². The minimum atomic E-state index is -3.99. The number of nitrogens with one attached hydrogen (secondary N) is 2. The second kappa shape index (κ2) is 10.0. The Labute approximate surface area is 183 Å². The summed E-state index contributed by atoms with van der Waals surface area (Å²) in [6.07, 6.45) is 1.50. The number of thioether (sulfide) groups is 1. The predicted octanol–water partition coefficient (Wildman–Crippen LogP) is 4.41. The van der Waals surface area contributed by atoms with Crippen LogP contribution in [0.5, 0.6) is 0 Å². The molecule has 3 rings (SSSR count). The fraction of sp³-hybridized carbons (Fsp3) is 0.150. The van der Waals surface area contributed by atoms with E-state index in [1.165, 1.54) is 24.1 Å². The van der Waals surface area contributed by atoms with Crippen LogP contribution in [0.25, 0.3) is 0 Å². The molecule has 2 aromatic carbocycles. The molecule has 0 unspecified atom stereocenters. The van der Waals surface area contributed by atoms with E-state index in [0.717, 1.165) is 11.6 Å². The van der Waals surface area contributed by atoms with E-state index in [0.29, 0.717) is 11.5 Å². The number of halogens is 1. The number of aromatic carboxylic acids is 1. The lowest BCUT2D eigenvalue weighted by atomic mass is 10.1. The quantitative estimate of drug-likeness (QED) is 0.300. The van der Waals surface area contributed by atoms with Gasteiger partial charge in [-0.25, -0.2) is 17.9 Å². The molecule has 1 aromatic heterocycles. The van der Waals surface area contributed by atoms with Gasteiger partial charge in [-0.2, -0.15) is 0 Å². The molecule has 30 heavy (non-hydrogen) atoms. The normalized spacial score (nSPS) is 11.4. The molecule has 0 aliphatic rings. The highest BCUT2D eigenvalue weighted by Crippen LogP contribution is 2.29. The monoisotopic (exact) mass is 466 g/mol. The number of rotatable bonds is 10. The summed E-state index contributed by atoms with van der Waals surface area (Å²) in [5.74, 6) is 0.0708. The summed E-state index contributed by atoms with van der Waals surface area (Å²) < 4.78 is 33.0. The lowest BCUT2D eigenvalue weighted by Gasteiger charge is -2.13. The highest BCUT2D eigenvalue weighted by molar-refractivity contribution is 7.99. The summed E-state index contributed by atoms with van der Waals surface area (Å²) in [6, 6.07) is 15.4. The third-order valence-electron chi connectivity index (χ3n) is 4.09. The van der Waals surface area contributed by atoms with Gasteiger partial charge in [0, 0.05) is 5.75 Å². The Morgan fingerprint density at radius 3 is 2.57 bits per heavy atom. The summed E-state index contributed by atoms with van der Waals surface area (Å²) >= 11 is 7.56. The standard InChI is InChI=1S/C20H19ClN2O5S2/c21-17-10-18(22-11-15-7-4-8-28-15)16(20(24)25)9-19(17)30(26,27)23-13-29-12-14-5-2-1-3-6-14/h1-10,22-23H,11-13H2,(H,24,25). The van der Waals surface area contributed by atoms with Gasteiger partial charge in [-0.1, -0.05) is 41.9 Å². The molecule has 0 amide bonds. The van der Waals surface area contributed by atoms with Gasteiger partial charge in [0.1, 0.15) is 10.7 Å². The number of carboxylic acids is 1. The van der Waals surface area contributed by atoms with Crippen LogP contribution in [0.4, 0.5) is 5.69 Å². The van der Waals surface area contributed by atoms with Gasteiger partial charge in [-0.3, -0.25) is 0 Å². The van der Waals surface area contributed by atoms with Gasteiger partial charge >= 0.3 is 5.97 Å².